The smallest absolute Gasteiger partial charge is 0.229 e. The van der Waals surface area contributed by atoms with Crippen molar-refractivity contribution in [2.75, 3.05) is 15.9 Å². The predicted octanol–water partition coefficient (Wildman–Crippen LogP) is 5.55. The molecule has 1 saturated carbocycles. The summed E-state index contributed by atoms with van der Waals surface area (Å²) in [4.78, 5) is 6.81. The van der Waals surface area contributed by atoms with Gasteiger partial charge < -0.3 is 14.8 Å². The molecule has 3 aromatic rings. The zero-order chi connectivity index (χ0) is 25.4. The summed E-state index contributed by atoms with van der Waals surface area (Å²) in [6.07, 6.45) is 9.29. The number of pyridine rings is 1. The Balaban J connectivity index is 1.58. The molecule has 2 aliphatic rings. The average Bonchev–Trinajstić information content (AvgIpc) is 3.35. The number of hydrogen-bond acceptors (Lipinski definition) is 4. The van der Waals surface area contributed by atoms with Crippen LogP contribution in [0.1, 0.15) is 72.9 Å². The molecule has 1 aliphatic carbocycles. The van der Waals surface area contributed by atoms with E-state index in [2.05, 4.69) is 44.4 Å². The summed E-state index contributed by atoms with van der Waals surface area (Å²) in [7, 11) is -3.35. The second-order valence-electron chi connectivity index (χ2n) is 9.91. The van der Waals surface area contributed by atoms with E-state index < -0.39 is 10.0 Å². The first-order valence-corrected chi connectivity index (χ1v) is 14.8. The minimum atomic E-state index is -3.35. The van der Waals surface area contributed by atoms with Crippen molar-refractivity contribution in [2.45, 2.75) is 64.1 Å². The molecule has 1 aliphatic heterocycles. The van der Waals surface area contributed by atoms with Gasteiger partial charge in [0, 0.05) is 35.0 Å². The Morgan fingerprint density at radius 2 is 1.78 bits per heavy atom. The van der Waals surface area contributed by atoms with Crippen LogP contribution in [0.2, 0.25) is 0 Å². The Kier molecular flexibility index (Phi) is 6.78. The Morgan fingerprint density at radius 1 is 1.06 bits per heavy atom. The van der Waals surface area contributed by atoms with Crippen molar-refractivity contribution in [3.05, 3.63) is 77.4 Å². The molecule has 2 N–H and O–H groups in total. The van der Waals surface area contributed by atoms with Gasteiger partial charge in [-0.1, -0.05) is 25.3 Å². The van der Waals surface area contributed by atoms with Crippen molar-refractivity contribution >= 4 is 38.7 Å². The number of sulfonamides is 1. The fourth-order valence-electron chi connectivity index (χ4n) is 5.86. The third-order valence-electron chi connectivity index (χ3n) is 7.33. The number of thiocarbonyl (C=S) groups is 1. The molecule has 7 nitrogen and oxygen atoms in total. The highest BCUT2D eigenvalue weighted by molar-refractivity contribution is 7.92. The van der Waals surface area contributed by atoms with Gasteiger partial charge in [-0.05, 0) is 86.9 Å². The monoisotopic (exact) mass is 523 g/mol. The van der Waals surface area contributed by atoms with E-state index in [9.17, 15) is 8.42 Å². The number of hydrogen-bond donors (Lipinski definition) is 2. The molecule has 1 saturated heterocycles. The number of rotatable bonds is 6. The molecule has 3 heterocycles. The molecule has 2 atom stereocenters. The first-order chi connectivity index (χ1) is 17.2. The van der Waals surface area contributed by atoms with Crippen molar-refractivity contribution in [1.29, 1.82) is 0 Å². The molecule has 36 heavy (non-hydrogen) atoms. The number of aromatic nitrogens is 2. The molecule has 0 amide bonds. The van der Waals surface area contributed by atoms with Crippen LogP contribution in [0.4, 0.5) is 11.4 Å². The third kappa shape index (κ3) is 4.86. The minimum absolute atomic E-state index is 0.0929. The standard InChI is InChI=1S/C27H33N5O2S2/c1-18-17-23(19(2)31(18)21-9-5-4-6-10-21)26-25(24-11-7-8-16-28-24)29-27(35)32(26)22-14-12-20(13-15-22)30-36(3,33)34/h7-8,11-17,21,25-26,30H,4-6,9-10H2,1-3H3,(H,29,35)/t25-,26-/m1/s1. The molecule has 5 rings (SSSR count). The van der Waals surface area contributed by atoms with E-state index >= 15 is 0 Å². The largest absolute Gasteiger partial charge is 0.351 e. The Hall–Kier alpha value is -2.91. The van der Waals surface area contributed by atoms with Crippen LogP contribution in [-0.4, -0.2) is 29.3 Å². The third-order valence-corrected chi connectivity index (χ3v) is 8.25. The van der Waals surface area contributed by atoms with Gasteiger partial charge in [-0.15, -0.1) is 0 Å². The van der Waals surface area contributed by atoms with Gasteiger partial charge in [0.2, 0.25) is 10.0 Å². The number of nitrogens with zero attached hydrogens (tertiary/aromatic N) is 3. The maximum Gasteiger partial charge on any atom is 0.229 e. The van der Waals surface area contributed by atoms with Crippen molar-refractivity contribution in [3.8, 4) is 0 Å². The Labute approximate surface area is 219 Å². The topological polar surface area (TPSA) is 79.3 Å². The highest BCUT2D eigenvalue weighted by atomic mass is 32.2. The lowest BCUT2D eigenvalue weighted by Crippen LogP contribution is -2.29. The molecule has 9 heteroatoms. The lowest BCUT2D eigenvalue weighted by molar-refractivity contribution is 0.345. The van der Waals surface area contributed by atoms with Crippen LogP contribution >= 0.6 is 12.2 Å². The number of nitrogens with one attached hydrogen (secondary N) is 2. The molecular weight excluding hydrogens is 490 g/mol. The van der Waals surface area contributed by atoms with Crippen LogP contribution in [0.25, 0.3) is 0 Å². The van der Waals surface area contributed by atoms with Crippen molar-refractivity contribution in [3.63, 3.8) is 0 Å². The summed E-state index contributed by atoms with van der Waals surface area (Å²) in [6.45, 7) is 4.43. The summed E-state index contributed by atoms with van der Waals surface area (Å²) < 4.78 is 28.4. The van der Waals surface area contributed by atoms with Gasteiger partial charge in [-0.2, -0.15) is 0 Å². The fraction of sp³-hybridized carbons (Fsp3) is 0.407. The Morgan fingerprint density at radius 3 is 2.42 bits per heavy atom. The molecule has 2 fully saturated rings. The van der Waals surface area contributed by atoms with Crippen molar-refractivity contribution in [2.24, 2.45) is 0 Å². The molecule has 0 unspecified atom stereocenters. The van der Waals surface area contributed by atoms with E-state index in [0.717, 1.165) is 17.6 Å². The van der Waals surface area contributed by atoms with E-state index in [-0.39, 0.29) is 12.1 Å². The first kappa shape index (κ1) is 24.8. The van der Waals surface area contributed by atoms with Crippen LogP contribution in [-0.2, 0) is 10.0 Å². The molecule has 0 radical (unpaired) electrons. The van der Waals surface area contributed by atoms with Crippen LogP contribution in [0.5, 0.6) is 0 Å². The fourth-order valence-corrected chi connectivity index (χ4v) is 6.77. The highest BCUT2D eigenvalue weighted by Gasteiger charge is 2.42. The quantitative estimate of drug-likeness (QED) is 0.412. The van der Waals surface area contributed by atoms with Crippen LogP contribution in [0, 0.1) is 13.8 Å². The number of aryl methyl sites for hydroxylation is 1. The van der Waals surface area contributed by atoms with E-state index in [4.69, 9.17) is 12.2 Å². The number of anilines is 2. The van der Waals surface area contributed by atoms with Crippen LogP contribution in [0.3, 0.4) is 0 Å². The van der Waals surface area contributed by atoms with Gasteiger partial charge in [0.15, 0.2) is 5.11 Å². The van der Waals surface area contributed by atoms with Crippen LogP contribution < -0.4 is 14.9 Å². The predicted molar refractivity (Wildman–Crippen MR) is 149 cm³/mol. The minimum Gasteiger partial charge on any atom is -0.351 e. The highest BCUT2D eigenvalue weighted by Crippen LogP contribution is 2.44. The molecule has 0 bridgehead atoms. The summed E-state index contributed by atoms with van der Waals surface area (Å²) in [6, 6.07) is 16.0. The lowest BCUT2D eigenvalue weighted by atomic mass is 9.94. The molecule has 190 valence electrons. The lowest BCUT2D eigenvalue weighted by Gasteiger charge is -2.30. The molecular formula is C27H33N5O2S2. The second-order valence-corrected chi connectivity index (χ2v) is 12.0. The normalized spacial score (nSPS) is 21.0. The molecule has 0 spiro atoms. The van der Waals surface area contributed by atoms with E-state index in [1.165, 1.54) is 49.1 Å². The SMILES string of the molecule is Cc1cc([C@@H]2[C@@H](c3ccccn3)NC(=S)N2c2ccc(NS(C)(=O)=O)cc2)c(C)n1C1CCCCC1. The van der Waals surface area contributed by atoms with Gasteiger partial charge in [-0.25, -0.2) is 8.42 Å². The van der Waals surface area contributed by atoms with Crippen molar-refractivity contribution < 1.29 is 8.42 Å². The molecule has 2 aromatic heterocycles. The first-order valence-electron chi connectivity index (χ1n) is 12.5. The summed E-state index contributed by atoms with van der Waals surface area (Å²) in [5, 5.41) is 4.16. The van der Waals surface area contributed by atoms with E-state index in [1.54, 1.807) is 12.1 Å². The summed E-state index contributed by atoms with van der Waals surface area (Å²) in [5.41, 5.74) is 6.14. The van der Waals surface area contributed by atoms with E-state index in [0.29, 0.717) is 16.8 Å². The van der Waals surface area contributed by atoms with Gasteiger partial charge in [0.1, 0.15) is 0 Å². The van der Waals surface area contributed by atoms with Gasteiger partial charge in [-0.3, -0.25) is 9.71 Å². The van der Waals surface area contributed by atoms with Crippen LogP contribution in [0.15, 0.2) is 54.7 Å². The maximum absolute atomic E-state index is 11.7. The van der Waals surface area contributed by atoms with Gasteiger partial charge in [0.05, 0.1) is 24.0 Å². The molecule has 1 aromatic carbocycles. The second kappa shape index (κ2) is 9.86. The van der Waals surface area contributed by atoms with Crippen molar-refractivity contribution in [1.82, 2.24) is 14.9 Å². The summed E-state index contributed by atoms with van der Waals surface area (Å²) in [5.74, 6) is 0. The zero-order valence-corrected chi connectivity index (χ0v) is 22.6. The van der Waals surface area contributed by atoms with Gasteiger partial charge >= 0.3 is 0 Å². The maximum atomic E-state index is 11.7. The average molecular weight is 524 g/mol. The number of benzene rings is 1. The summed E-state index contributed by atoms with van der Waals surface area (Å²) >= 11 is 5.87. The van der Waals surface area contributed by atoms with Gasteiger partial charge in [0.25, 0.3) is 0 Å². The Bertz CT molecular complexity index is 1350. The zero-order valence-electron chi connectivity index (χ0n) is 20.9. The van der Waals surface area contributed by atoms with E-state index in [1.807, 2.05) is 36.5 Å².